The van der Waals surface area contributed by atoms with Crippen molar-refractivity contribution < 1.29 is 14.3 Å². The lowest BCUT2D eigenvalue weighted by Gasteiger charge is -2.29. The third-order valence-corrected chi connectivity index (χ3v) is 6.91. The van der Waals surface area contributed by atoms with E-state index in [0.29, 0.717) is 17.9 Å². The minimum atomic E-state index is -0.597. The largest absolute Gasteiger partial charge is 0.464 e. The highest BCUT2D eigenvalue weighted by Gasteiger charge is 2.43. The molecule has 0 aromatic heterocycles. The number of carbonyl (C=O) groups excluding carboxylic acids is 2. The lowest BCUT2D eigenvalue weighted by Crippen LogP contribution is -2.44. The summed E-state index contributed by atoms with van der Waals surface area (Å²) in [7, 11) is 0. The van der Waals surface area contributed by atoms with Crippen LogP contribution in [-0.2, 0) is 14.9 Å². The lowest BCUT2D eigenvalue weighted by atomic mass is 9.86. The molecule has 2 unspecified atom stereocenters. The summed E-state index contributed by atoms with van der Waals surface area (Å²) in [6.45, 7) is 8.85. The zero-order valence-corrected chi connectivity index (χ0v) is 20.3. The summed E-state index contributed by atoms with van der Waals surface area (Å²) < 4.78 is 6.24. The molecule has 1 heterocycles. The molecule has 2 atom stereocenters. The van der Waals surface area contributed by atoms with Gasteiger partial charge in [0.05, 0.1) is 6.61 Å². The lowest BCUT2D eigenvalue weighted by molar-refractivity contribution is -0.148. The Morgan fingerprint density at radius 1 is 1.17 bits per heavy atom. The molecule has 30 heavy (non-hydrogen) atoms. The van der Waals surface area contributed by atoms with Crippen molar-refractivity contribution in [2.75, 3.05) is 12.4 Å². The topological polar surface area (TPSA) is 46.6 Å². The van der Waals surface area contributed by atoms with E-state index in [4.69, 9.17) is 4.74 Å². The van der Waals surface area contributed by atoms with E-state index in [2.05, 4.69) is 61.0 Å². The predicted molar refractivity (Wildman–Crippen MR) is 126 cm³/mol. The van der Waals surface area contributed by atoms with E-state index < -0.39 is 6.04 Å². The van der Waals surface area contributed by atoms with Crippen molar-refractivity contribution in [1.82, 2.24) is 4.90 Å². The van der Waals surface area contributed by atoms with Gasteiger partial charge in [-0.05, 0) is 41.2 Å². The maximum absolute atomic E-state index is 13.5. The number of hydrogen-bond donors (Lipinski definition) is 0. The fourth-order valence-corrected chi connectivity index (χ4v) is 5.22. The van der Waals surface area contributed by atoms with E-state index in [1.807, 2.05) is 19.1 Å². The van der Waals surface area contributed by atoms with Crippen LogP contribution in [0, 0.1) is 0 Å². The summed E-state index contributed by atoms with van der Waals surface area (Å²) in [5.74, 6) is 0.0275. The third-order valence-electron chi connectivity index (χ3n) is 5.09. The smallest absolute Gasteiger partial charge is 0.329 e. The van der Waals surface area contributed by atoms with Crippen LogP contribution in [-0.4, -0.2) is 35.2 Å². The number of nitrogens with zero attached hydrogens (tertiary/aromatic N) is 1. The second-order valence-electron chi connectivity index (χ2n) is 8.46. The zero-order valence-electron chi connectivity index (χ0n) is 17.9. The van der Waals surface area contributed by atoms with Crippen molar-refractivity contribution in [3.63, 3.8) is 0 Å². The summed E-state index contributed by atoms with van der Waals surface area (Å²) in [6.07, 6.45) is 0.753. The van der Waals surface area contributed by atoms with Gasteiger partial charge in [-0.1, -0.05) is 74.0 Å². The Morgan fingerprint density at radius 3 is 2.47 bits per heavy atom. The number of carbonyl (C=O) groups is 2. The van der Waals surface area contributed by atoms with Crippen molar-refractivity contribution >= 4 is 39.6 Å². The molecule has 0 bridgehead atoms. The van der Waals surface area contributed by atoms with Crippen LogP contribution in [0.4, 0.5) is 0 Å². The molecule has 1 aliphatic rings. The molecule has 1 amide bonds. The summed E-state index contributed by atoms with van der Waals surface area (Å²) in [6, 6.07) is 15.0. The van der Waals surface area contributed by atoms with E-state index in [1.165, 1.54) is 5.56 Å². The molecule has 4 nitrogen and oxygen atoms in total. The maximum atomic E-state index is 13.5. The van der Waals surface area contributed by atoms with Crippen LogP contribution in [0.1, 0.15) is 61.0 Å². The van der Waals surface area contributed by atoms with E-state index in [0.717, 1.165) is 16.5 Å². The molecule has 2 aromatic rings. The minimum Gasteiger partial charge on any atom is -0.464 e. The molecule has 1 aliphatic heterocycles. The molecule has 3 rings (SSSR count). The van der Waals surface area contributed by atoms with Crippen LogP contribution in [0.15, 0.2) is 53.0 Å². The van der Waals surface area contributed by atoms with Crippen LogP contribution >= 0.6 is 27.7 Å². The average Bonchev–Trinajstić information content (AvgIpc) is 3.16. The molecule has 0 saturated carbocycles. The highest BCUT2D eigenvalue weighted by Crippen LogP contribution is 2.43. The van der Waals surface area contributed by atoms with E-state index >= 15 is 0 Å². The van der Waals surface area contributed by atoms with Crippen molar-refractivity contribution in [3.05, 3.63) is 69.7 Å². The quantitative estimate of drug-likeness (QED) is 0.486. The maximum Gasteiger partial charge on any atom is 0.329 e. The van der Waals surface area contributed by atoms with E-state index in [9.17, 15) is 9.59 Å². The Balaban J connectivity index is 1.95. The molecule has 1 saturated heterocycles. The number of hydrogen-bond acceptors (Lipinski definition) is 4. The van der Waals surface area contributed by atoms with Crippen molar-refractivity contribution in [2.24, 2.45) is 0 Å². The van der Waals surface area contributed by atoms with Gasteiger partial charge in [0, 0.05) is 15.8 Å². The van der Waals surface area contributed by atoms with E-state index in [-0.39, 0.29) is 22.7 Å². The van der Waals surface area contributed by atoms with Gasteiger partial charge < -0.3 is 9.64 Å². The molecular weight excluding hydrogens is 462 g/mol. The number of rotatable bonds is 5. The number of benzene rings is 2. The third kappa shape index (κ3) is 5.09. The van der Waals surface area contributed by atoms with Crippen LogP contribution in [0.3, 0.4) is 0 Å². The second-order valence-corrected chi connectivity index (χ2v) is 10.5. The number of esters is 1. The Hall–Kier alpha value is -1.79. The Labute approximate surface area is 191 Å². The first-order valence-electron chi connectivity index (χ1n) is 10.2. The first-order valence-corrected chi connectivity index (χ1v) is 12.0. The summed E-state index contributed by atoms with van der Waals surface area (Å²) >= 11 is 5.04. The van der Waals surface area contributed by atoms with Gasteiger partial charge in [0.1, 0.15) is 11.4 Å². The molecule has 0 spiro atoms. The molecule has 0 radical (unpaired) electrons. The van der Waals surface area contributed by atoms with Gasteiger partial charge in [0.25, 0.3) is 5.91 Å². The number of halogens is 1. The van der Waals surface area contributed by atoms with Gasteiger partial charge in [-0.3, -0.25) is 4.79 Å². The Kier molecular flexibility index (Phi) is 7.30. The van der Waals surface area contributed by atoms with Crippen molar-refractivity contribution in [2.45, 2.75) is 50.9 Å². The second kappa shape index (κ2) is 9.56. The highest BCUT2D eigenvalue weighted by molar-refractivity contribution is 9.10. The normalized spacial score (nSPS) is 19.0. The Morgan fingerprint density at radius 2 is 1.87 bits per heavy atom. The number of amides is 1. The minimum absolute atomic E-state index is 0.0552. The van der Waals surface area contributed by atoms with Gasteiger partial charge in [-0.2, -0.15) is 0 Å². The standard InChI is InChI=1S/C24H28BrNO3S/c1-5-13-29-23(28)20-15-30-22(16-9-11-18(12-10-16)24(2,3)4)26(20)21(27)17-7-6-8-19(25)14-17/h6-12,14,20,22H,5,13,15H2,1-4H3. The molecule has 1 fully saturated rings. The first kappa shape index (κ1) is 22.9. The highest BCUT2D eigenvalue weighted by atomic mass is 79.9. The van der Waals surface area contributed by atoms with E-state index in [1.54, 1.807) is 28.8 Å². The predicted octanol–water partition coefficient (Wildman–Crippen LogP) is 5.96. The van der Waals surface area contributed by atoms with Crippen molar-refractivity contribution in [1.29, 1.82) is 0 Å². The molecular formula is C24H28BrNO3S. The zero-order chi connectivity index (χ0) is 21.9. The van der Waals surface area contributed by atoms with Gasteiger partial charge >= 0.3 is 5.97 Å². The van der Waals surface area contributed by atoms with Crippen molar-refractivity contribution in [3.8, 4) is 0 Å². The average molecular weight is 490 g/mol. The molecule has 0 aliphatic carbocycles. The van der Waals surface area contributed by atoms with Gasteiger partial charge in [-0.25, -0.2) is 4.79 Å². The van der Waals surface area contributed by atoms with Gasteiger partial charge in [0.15, 0.2) is 0 Å². The van der Waals surface area contributed by atoms with Gasteiger partial charge in [-0.15, -0.1) is 11.8 Å². The summed E-state index contributed by atoms with van der Waals surface area (Å²) in [4.78, 5) is 27.9. The number of thioether (sulfide) groups is 1. The van der Waals surface area contributed by atoms with Gasteiger partial charge in [0.2, 0.25) is 0 Å². The Bertz CT molecular complexity index is 907. The summed E-state index contributed by atoms with van der Waals surface area (Å²) in [5, 5.41) is -0.232. The molecule has 0 N–H and O–H groups in total. The number of ether oxygens (including phenoxy) is 1. The fourth-order valence-electron chi connectivity index (χ4n) is 3.41. The van der Waals surface area contributed by atoms with Crippen LogP contribution < -0.4 is 0 Å². The summed E-state index contributed by atoms with van der Waals surface area (Å²) in [5.41, 5.74) is 2.86. The molecule has 2 aromatic carbocycles. The SMILES string of the molecule is CCCOC(=O)C1CSC(c2ccc(C(C)(C)C)cc2)N1C(=O)c1cccc(Br)c1. The monoisotopic (exact) mass is 489 g/mol. The molecule has 160 valence electrons. The van der Waals surface area contributed by atoms with Crippen LogP contribution in [0.25, 0.3) is 0 Å². The molecule has 6 heteroatoms. The first-order chi connectivity index (χ1) is 14.2. The van der Waals surface area contributed by atoms with Crippen LogP contribution in [0.2, 0.25) is 0 Å². The fraction of sp³-hybridized carbons (Fsp3) is 0.417. The van der Waals surface area contributed by atoms with Crippen LogP contribution in [0.5, 0.6) is 0 Å².